The first-order valence-electron chi connectivity index (χ1n) is 4.27. The molecule has 3 heteroatoms. The van der Waals surface area contributed by atoms with Crippen molar-refractivity contribution in [2.75, 3.05) is 13.6 Å². The summed E-state index contributed by atoms with van der Waals surface area (Å²) in [6.45, 7) is 10.6. The number of rotatable bonds is 7. The van der Waals surface area contributed by atoms with E-state index in [0.717, 1.165) is 24.6 Å². The topological polar surface area (TPSA) is 36.1 Å². The molecule has 3 nitrogen and oxygen atoms in total. The predicted octanol–water partition coefficient (Wildman–Crippen LogP) is 1.13. The Kier molecular flexibility index (Phi) is 5.97. The van der Waals surface area contributed by atoms with Crippen LogP contribution in [0.25, 0.3) is 0 Å². The number of nitrogens with one attached hydrogen (secondary N) is 3. The molecule has 0 radical (unpaired) electrons. The molecule has 0 aromatic heterocycles. The van der Waals surface area contributed by atoms with E-state index >= 15 is 0 Å². The van der Waals surface area contributed by atoms with Gasteiger partial charge in [-0.25, -0.2) is 0 Å². The Hall–Kier alpha value is -1.12. The fourth-order valence-corrected chi connectivity index (χ4v) is 0.705. The third-order valence-electron chi connectivity index (χ3n) is 1.47. The molecule has 0 bridgehead atoms. The van der Waals surface area contributed by atoms with Gasteiger partial charge in [-0.1, -0.05) is 26.5 Å². The van der Waals surface area contributed by atoms with Crippen LogP contribution in [0.4, 0.5) is 0 Å². The van der Waals surface area contributed by atoms with Gasteiger partial charge < -0.3 is 16.0 Å². The van der Waals surface area contributed by atoms with Crippen molar-refractivity contribution < 1.29 is 0 Å². The van der Waals surface area contributed by atoms with Gasteiger partial charge in [0.2, 0.25) is 0 Å². The van der Waals surface area contributed by atoms with Crippen LogP contribution in [0.1, 0.15) is 19.8 Å². The van der Waals surface area contributed by atoms with Crippen molar-refractivity contribution in [2.45, 2.75) is 19.8 Å². The smallest absolute Gasteiger partial charge is 0.0967 e. The first-order valence-corrected chi connectivity index (χ1v) is 4.27. The van der Waals surface area contributed by atoms with Crippen molar-refractivity contribution in [3.63, 3.8) is 0 Å². The monoisotopic (exact) mass is 169 g/mol. The van der Waals surface area contributed by atoms with Crippen LogP contribution >= 0.6 is 0 Å². The highest BCUT2D eigenvalue weighted by Crippen LogP contribution is 1.86. The summed E-state index contributed by atoms with van der Waals surface area (Å²) in [6.07, 6.45) is 2.35. The Bertz CT molecular complexity index is 152. The summed E-state index contributed by atoms with van der Waals surface area (Å²) in [5.41, 5.74) is 0. The summed E-state index contributed by atoms with van der Waals surface area (Å²) >= 11 is 0. The molecular weight excluding hydrogens is 150 g/mol. The second-order valence-corrected chi connectivity index (χ2v) is 2.61. The third kappa shape index (κ3) is 5.65. The fourth-order valence-electron chi connectivity index (χ4n) is 0.705. The summed E-state index contributed by atoms with van der Waals surface area (Å²) in [6, 6.07) is 0. The molecule has 0 aliphatic heterocycles. The second kappa shape index (κ2) is 6.58. The maximum Gasteiger partial charge on any atom is 0.0967 e. The third-order valence-corrected chi connectivity index (χ3v) is 1.47. The molecule has 0 rings (SSSR count). The number of unbranched alkanes of at least 4 members (excludes halogenated alkanes) is 1. The molecule has 0 amide bonds. The molecule has 0 atom stereocenters. The molecule has 0 saturated heterocycles. The van der Waals surface area contributed by atoms with Gasteiger partial charge in [-0.15, -0.1) is 0 Å². The molecule has 0 unspecified atom stereocenters. The van der Waals surface area contributed by atoms with E-state index in [9.17, 15) is 0 Å². The van der Waals surface area contributed by atoms with Gasteiger partial charge in [-0.2, -0.15) is 0 Å². The Morgan fingerprint density at radius 1 is 1.25 bits per heavy atom. The molecule has 0 aliphatic rings. The first kappa shape index (κ1) is 10.9. The van der Waals surface area contributed by atoms with Crippen molar-refractivity contribution >= 4 is 0 Å². The van der Waals surface area contributed by atoms with Gasteiger partial charge >= 0.3 is 0 Å². The quantitative estimate of drug-likeness (QED) is 0.500. The van der Waals surface area contributed by atoms with Gasteiger partial charge in [0.05, 0.1) is 11.6 Å². The molecule has 12 heavy (non-hydrogen) atoms. The zero-order chi connectivity index (χ0) is 9.40. The predicted molar refractivity (Wildman–Crippen MR) is 53.4 cm³/mol. The normalized spacial score (nSPS) is 8.83. The highest BCUT2D eigenvalue weighted by atomic mass is 15.2. The van der Waals surface area contributed by atoms with Crippen molar-refractivity contribution in [2.24, 2.45) is 0 Å². The maximum absolute atomic E-state index is 3.79. The van der Waals surface area contributed by atoms with Gasteiger partial charge in [0, 0.05) is 13.6 Å². The molecule has 70 valence electrons. The molecule has 0 spiro atoms. The molecule has 0 fully saturated rings. The van der Waals surface area contributed by atoms with Crippen molar-refractivity contribution in [3.05, 3.63) is 24.8 Å². The largest absolute Gasteiger partial charge is 0.375 e. The van der Waals surface area contributed by atoms with Gasteiger partial charge in [0.1, 0.15) is 0 Å². The van der Waals surface area contributed by atoms with Gasteiger partial charge in [-0.05, 0) is 6.42 Å². The average molecular weight is 169 g/mol. The van der Waals surface area contributed by atoms with E-state index in [1.165, 1.54) is 6.42 Å². The van der Waals surface area contributed by atoms with Gasteiger partial charge in [0.25, 0.3) is 0 Å². The zero-order valence-corrected chi connectivity index (χ0v) is 8.04. The summed E-state index contributed by atoms with van der Waals surface area (Å²) in [5.74, 6) is 1.55. The fraction of sp³-hybridized carbons (Fsp3) is 0.556. The minimum atomic E-state index is 0.754. The lowest BCUT2D eigenvalue weighted by Crippen LogP contribution is -2.29. The van der Waals surface area contributed by atoms with Crippen molar-refractivity contribution in [1.82, 2.24) is 16.0 Å². The lowest BCUT2D eigenvalue weighted by atomic mass is 10.3. The SMILES string of the molecule is C=C(NC)NC(=C)NCCCC. The summed E-state index contributed by atoms with van der Waals surface area (Å²) in [4.78, 5) is 0. The van der Waals surface area contributed by atoms with Crippen LogP contribution in [-0.2, 0) is 0 Å². The summed E-state index contributed by atoms with van der Waals surface area (Å²) in [5, 5.41) is 9.00. The standard InChI is InChI=1S/C9H19N3/c1-5-6-7-11-9(3)12-8(2)10-4/h10-12H,2-3,5-7H2,1,4H3. The zero-order valence-electron chi connectivity index (χ0n) is 8.04. The maximum atomic E-state index is 3.79. The molecule has 3 N–H and O–H groups in total. The minimum Gasteiger partial charge on any atom is -0.375 e. The van der Waals surface area contributed by atoms with Crippen LogP contribution in [0.5, 0.6) is 0 Å². The first-order chi connectivity index (χ1) is 5.70. The highest BCUT2D eigenvalue weighted by molar-refractivity contribution is 5.00. The van der Waals surface area contributed by atoms with Crippen molar-refractivity contribution in [3.8, 4) is 0 Å². The second-order valence-electron chi connectivity index (χ2n) is 2.61. The molecule has 0 saturated carbocycles. The summed E-state index contributed by atoms with van der Waals surface area (Å²) < 4.78 is 0. The van der Waals surface area contributed by atoms with Crippen LogP contribution in [0.3, 0.4) is 0 Å². The van der Waals surface area contributed by atoms with E-state index < -0.39 is 0 Å². The Balaban J connectivity index is 3.40. The highest BCUT2D eigenvalue weighted by Gasteiger charge is 1.91. The Morgan fingerprint density at radius 3 is 2.42 bits per heavy atom. The van der Waals surface area contributed by atoms with E-state index in [2.05, 4.69) is 36.0 Å². The number of hydrogen-bond acceptors (Lipinski definition) is 3. The van der Waals surface area contributed by atoms with E-state index in [4.69, 9.17) is 0 Å². The van der Waals surface area contributed by atoms with Gasteiger partial charge in [-0.3, -0.25) is 0 Å². The van der Waals surface area contributed by atoms with E-state index in [-0.39, 0.29) is 0 Å². The molecule has 0 aromatic rings. The van der Waals surface area contributed by atoms with Crippen LogP contribution in [0, 0.1) is 0 Å². The van der Waals surface area contributed by atoms with Crippen LogP contribution in [-0.4, -0.2) is 13.6 Å². The Labute approximate surface area is 74.9 Å². The van der Waals surface area contributed by atoms with Crippen LogP contribution < -0.4 is 16.0 Å². The molecular formula is C9H19N3. The lowest BCUT2D eigenvalue weighted by molar-refractivity contribution is 0.668. The molecule has 0 heterocycles. The average Bonchev–Trinajstić information content (AvgIpc) is 2.05. The van der Waals surface area contributed by atoms with Crippen LogP contribution in [0.2, 0.25) is 0 Å². The number of hydrogen-bond donors (Lipinski definition) is 3. The van der Waals surface area contributed by atoms with Gasteiger partial charge in [0.15, 0.2) is 0 Å². The lowest BCUT2D eigenvalue weighted by Gasteiger charge is -2.12. The van der Waals surface area contributed by atoms with E-state index in [0.29, 0.717) is 0 Å². The molecule has 0 aliphatic carbocycles. The van der Waals surface area contributed by atoms with Crippen molar-refractivity contribution in [1.29, 1.82) is 0 Å². The van der Waals surface area contributed by atoms with E-state index in [1.807, 2.05) is 7.05 Å². The summed E-state index contributed by atoms with van der Waals surface area (Å²) in [7, 11) is 1.81. The molecule has 0 aromatic carbocycles. The minimum absolute atomic E-state index is 0.754. The van der Waals surface area contributed by atoms with E-state index in [1.54, 1.807) is 0 Å². The van der Waals surface area contributed by atoms with Crippen LogP contribution in [0.15, 0.2) is 24.8 Å². The Morgan fingerprint density at radius 2 is 1.92 bits per heavy atom.